The molecule has 1 aliphatic carbocycles. The molecular weight excluding hydrogens is 392 g/mol. The zero-order chi connectivity index (χ0) is 20.5. The molecule has 3 rings (SSSR count). The van der Waals surface area contributed by atoms with E-state index in [-0.39, 0.29) is 5.39 Å². The minimum absolute atomic E-state index is 0.0216. The van der Waals surface area contributed by atoms with Gasteiger partial charge in [-0.3, -0.25) is 0 Å². The molecule has 0 saturated heterocycles. The lowest BCUT2D eigenvalue weighted by Gasteiger charge is -2.24. The van der Waals surface area contributed by atoms with Crippen LogP contribution in [-0.4, -0.2) is 20.2 Å². The van der Waals surface area contributed by atoms with Crippen molar-refractivity contribution in [3.8, 4) is 5.75 Å². The van der Waals surface area contributed by atoms with Gasteiger partial charge in [0.1, 0.15) is 5.75 Å². The summed E-state index contributed by atoms with van der Waals surface area (Å²) in [4.78, 5) is 11.5. The van der Waals surface area contributed by atoms with E-state index >= 15 is 0 Å². The number of hydrogen-bond acceptors (Lipinski definition) is 6. The quantitative estimate of drug-likeness (QED) is 0.573. The van der Waals surface area contributed by atoms with Gasteiger partial charge in [-0.05, 0) is 30.9 Å². The van der Waals surface area contributed by atoms with E-state index in [1.807, 2.05) is 0 Å². The number of rotatable bonds is 6. The van der Waals surface area contributed by atoms with Crippen LogP contribution in [0.4, 0.5) is 8.78 Å². The largest absolute Gasteiger partial charge is 0.419 e. The normalized spacial score (nSPS) is 17.0. The number of nitrogens with two attached hydrogens (primary N) is 1. The van der Waals surface area contributed by atoms with Crippen molar-refractivity contribution in [1.29, 1.82) is 0 Å². The number of benzene rings is 1. The highest BCUT2D eigenvalue weighted by Crippen LogP contribution is 2.32. The first-order valence-corrected chi connectivity index (χ1v) is 10.8. The van der Waals surface area contributed by atoms with Crippen LogP contribution < -0.4 is 15.5 Å². The smallest absolute Gasteiger partial charge is 0.336 e. The second-order valence-corrected chi connectivity index (χ2v) is 9.05. The molecule has 28 heavy (non-hydrogen) atoms. The number of aryl methyl sites for hydroxylation is 1. The van der Waals surface area contributed by atoms with Crippen LogP contribution in [0.1, 0.15) is 44.1 Å². The van der Waals surface area contributed by atoms with Gasteiger partial charge in [0.25, 0.3) is 0 Å². The monoisotopic (exact) mass is 415 g/mol. The summed E-state index contributed by atoms with van der Waals surface area (Å²) in [6.07, 6.45) is 5.88. The van der Waals surface area contributed by atoms with Crippen LogP contribution >= 0.6 is 0 Å². The van der Waals surface area contributed by atoms with Crippen molar-refractivity contribution in [1.82, 2.24) is 0 Å². The van der Waals surface area contributed by atoms with Crippen molar-refractivity contribution in [3.05, 3.63) is 39.8 Å². The van der Waals surface area contributed by atoms with Crippen molar-refractivity contribution in [2.24, 2.45) is 11.7 Å². The minimum Gasteiger partial charge on any atom is -0.419 e. The molecule has 1 aromatic carbocycles. The highest BCUT2D eigenvalue weighted by atomic mass is 32.2. The SMILES string of the molecule is Cc1cc(=O)oc2c(F)c(OS(=O)(=O)C[C@@H](N)CC3CCCCC3)c(F)cc12. The van der Waals surface area contributed by atoms with Gasteiger partial charge < -0.3 is 14.3 Å². The van der Waals surface area contributed by atoms with Crippen LogP contribution in [0.5, 0.6) is 5.75 Å². The molecule has 0 unspecified atom stereocenters. The zero-order valence-corrected chi connectivity index (χ0v) is 16.4. The molecule has 1 fully saturated rings. The van der Waals surface area contributed by atoms with Gasteiger partial charge >= 0.3 is 15.7 Å². The van der Waals surface area contributed by atoms with Crippen LogP contribution in [0.15, 0.2) is 21.3 Å². The van der Waals surface area contributed by atoms with E-state index in [4.69, 9.17) is 14.3 Å². The summed E-state index contributed by atoms with van der Waals surface area (Å²) in [5.41, 5.74) is 4.86. The summed E-state index contributed by atoms with van der Waals surface area (Å²) in [6, 6.07) is 1.27. The molecule has 1 aliphatic rings. The van der Waals surface area contributed by atoms with Crippen molar-refractivity contribution in [2.45, 2.75) is 51.5 Å². The molecule has 0 aliphatic heterocycles. The summed E-state index contributed by atoms with van der Waals surface area (Å²) >= 11 is 0. The van der Waals surface area contributed by atoms with Gasteiger partial charge in [-0.1, -0.05) is 32.1 Å². The maximum atomic E-state index is 14.6. The predicted molar refractivity (Wildman–Crippen MR) is 101 cm³/mol. The Labute approximate surface area is 161 Å². The molecule has 1 atom stereocenters. The van der Waals surface area contributed by atoms with Gasteiger partial charge in [-0.25, -0.2) is 9.18 Å². The topological polar surface area (TPSA) is 99.6 Å². The molecule has 2 aromatic rings. The lowest BCUT2D eigenvalue weighted by Crippen LogP contribution is -2.34. The van der Waals surface area contributed by atoms with E-state index < -0.39 is 50.5 Å². The second-order valence-electron chi connectivity index (χ2n) is 7.43. The summed E-state index contributed by atoms with van der Waals surface area (Å²) in [5.74, 6) is -3.90. The molecule has 6 nitrogen and oxygen atoms in total. The molecule has 0 radical (unpaired) electrons. The van der Waals surface area contributed by atoms with Crippen LogP contribution in [-0.2, 0) is 10.1 Å². The fraction of sp³-hybridized carbons (Fsp3) is 0.526. The lowest BCUT2D eigenvalue weighted by molar-refractivity contribution is 0.321. The molecule has 2 N–H and O–H groups in total. The van der Waals surface area contributed by atoms with Gasteiger partial charge in [0.05, 0.1) is 0 Å². The molecule has 0 amide bonds. The number of halogens is 2. The summed E-state index contributed by atoms with van der Waals surface area (Å²) < 4.78 is 63.0. The Kier molecular flexibility index (Phi) is 6.04. The van der Waals surface area contributed by atoms with E-state index in [0.29, 0.717) is 17.9 Å². The Morgan fingerprint density at radius 3 is 2.61 bits per heavy atom. The van der Waals surface area contributed by atoms with E-state index in [2.05, 4.69) is 0 Å². The van der Waals surface area contributed by atoms with Gasteiger partial charge in [0.2, 0.25) is 11.6 Å². The second kappa shape index (κ2) is 8.16. The molecule has 1 heterocycles. The Hall–Kier alpha value is -2.00. The van der Waals surface area contributed by atoms with Crippen LogP contribution in [0.2, 0.25) is 0 Å². The Morgan fingerprint density at radius 1 is 1.25 bits per heavy atom. The summed E-state index contributed by atoms with van der Waals surface area (Å²) in [5, 5.41) is 0.0216. The Balaban J connectivity index is 1.81. The average Bonchev–Trinajstić information content (AvgIpc) is 2.60. The molecule has 154 valence electrons. The Bertz CT molecular complexity index is 1030. The average molecular weight is 415 g/mol. The molecule has 0 spiro atoms. The minimum atomic E-state index is -4.34. The molecule has 1 aromatic heterocycles. The van der Waals surface area contributed by atoms with Gasteiger partial charge in [-0.2, -0.15) is 12.8 Å². The van der Waals surface area contributed by atoms with Crippen molar-refractivity contribution in [3.63, 3.8) is 0 Å². The highest BCUT2D eigenvalue weighted by Gasteiger charge is 2.27. The molecular formula is C19H23F2NO5S. The van der Waals surface area contributed by atoms with Crippen LogP contribution in [0.25, 0.3) is 11.0 Å². The maximum Gasteiger partial charge on any atom is 0.336 e. The third kappa shape index (κ3) is 4.70. The van der Waals surface area contributed by atoms with Gasteiger partial charge in [-0.15, -0.1) is 0 Å². The summed E-state index contributed by atoms with van der Waals surface area (Å²) in [6.45, 7) is 1.49. The first-order chi connectivity index (χ1) is 13.2. The Morgan fingerprint density at radius 2 is 1.93 bits per heavy atom. The standard InChI is InChI=1S/C19H23F2NO5S/c1-11-7-16(23)26-18-14(11)9-15(20)19(17(18)21)27-28(24,25)10-13(22)8-12-5-3-2-4-6-12/h7,9,12-13H,2-6,8,10,22H2,1H3/t13-/m0/s1. The number of fused-ring (bicyclic) bond motifs is 1. The lowest BCUT2D eigenvalue weighted by atomic mass is 9.85. The third-order valence-electron chi connectivity index (χ3n) is 5.08. The number of hydrogen-bond donors (Lipinski definition) is 1. The van der Waals surface area contributed by atoms with E-state index in [9.17, 15) is 22.0 Å². The molecule has 0 bridgehead atoms. The summed E-state index contributed by atoms with van der Waals surface area (Å²) in [7, 11) is -4.34. The van der Waals surface area contributed by atoms with E-state index in [1.165, 1.54) is 13.3 Å². The molecule has 9 heteroatoms. The fourth-order valence-electron chi connectivity index (χ4n) is 3.78. The van der Waals surface area contributed by atoms with Crippen molar-refractivity contribution in [2.75, 3.05) is 5.75 Å². The van der Waals surface area contributed by atoms with Gasteiger partial charge in [0, 0.05) is 17.5 Å². The predicted octanol–water partition coefficient (Wildman–Crippen LogP) is 3.39. The van der Waals surface area contributed by atoms with E-state index in [0.717, 1.165) is 37.8 Å². The van der Waals surface area contributed by atoms with Gasteiger partial charge in [0.15, 0.2) is 11.4 Å². The van der Waals surface area contributed by atoms with Crippen LogP contribution in [0, 0.1) is 24.5 Å². The fourth-order valence-corrected chi connectivity index (χ4v) is 4.92. The third-order valence-corrected chi connectivity index (χ3v) is 6.34. The zero-order valence-electron chi connectivity index (χ0n) is 15.5. The van der Waals surface area contributed by atoms with Crippen molar-refractivity contribution < 1.29 is 25.8 Å². The first kappa shape index (κ1) is 20.7. The highest BCUT2D eigenvalue weighted by molar-refractivity contribution is 7.87. The maximum absolute atomic E-state index is 14.6. The van der Waals surface area contributed by atoms with Crippen molar-refractivity contribution >= 4 is 21.1 Å². The molecule has 1 saturated carbocycles. The van der Waals surface area contributed by atoms with Crippen LogP contribution in [0.3, 0.4) is 0 Å². The van der Waals surface area contributed by atoms with E-state index in [1.54, 1.807) is 0 Å². The first-order valence-electron chi connectivity index (χ1n) is 9.26.